The fraction of sp³-hybridized carbons (Fsp3) is 0.206. The van der Waals surface area contributed by atoms with Crippen LogP contribution in [0.25, 0.3) is 86.9 Å². The smallest absolute Gasteiger partial charge is 0.200 e. The molecule has 0 radical (unpaired) electrons. The Hall–Kier alpha value is -13.6. The zero-order valence-electron chi connectivity index (χ0n) is 82.8. The highest BCUT2D eigenvalue weighted by atomic mass is 79.9. The fourth-order valence-corrected chi connectivity index (χ4v) is 23.3. The van der Waals surface area contributed by atoms with Gasteiger partial charge < -0.3 is 10.2 Å². The maximum Gasteiger partial charge on any atom is 0.200 e. The van der Waals surface area contributed by atoms with Gasteiger partial charge in [-0.15, -0.1) is 0 Å². The van der Waals surface area contributed by atoms with Crippen molar-refractivity contribution in [2.45, 2.75) is 169 Å². The molecule has 0 saturated heterocycles. The minimum Gasteiger partial charge on any atom is -0.376 e. The third-order valence-electron chi connectivity index (χ3n) is 28.3. The summed E-state index contributed by atoms with van der Waals surface area (Å²) in [6, 6.07) is 109. The molecule has 4 atom stereocenters. The minimum atomic E-state index is -1.46. The molecule has 0 fully saturated rings. The van der Waals surface area contributed by atoms with Gasteiger partial charge in [-0.05, 0) is 229 Å². The van der Waals surface area contributed by atoms with Gasteiger partial charge in [0.05, 0.1) is 4.48 Å². The van der Waals surface area contributed by atoms with Crippen LogP contribution in [0.15, 0.2) is 369 Å². The monoisotopic (exact) mass is 2010 g/mol. The van der Waals surface area contributed by atoms with Gasteiger partial charge in [0.2, 0.25) is 5.78 Å². The standard InChI is InChI=1S/C37H30O2.C37H28.C15H13BrO2.C15H10O2.C11H26Si.C10H5BrO2.C5H8.CH4/c1-23-16-19-34-35(22-23)37(39,31-21-18-25(3)27-11-5-7-13-29(27)31)33-15-9-8-14-32(33)36(34,38)30-20-17-24(2)26-10-4-6-12-28(26)30;1-23-16-19-34-35(22-23)37(33-21-18-25(3)27-11-5-7-13-29(27)33)31-15-9-8-14-30(31)36(34)32-20-17-24(2)26-10-4-6-12-28(26)32;1-9-6-7-15(16)12(8-9)13(17)10-4-2-3-5-11(10)14(15)18;1-9-6-7-12-13(8-9)15(17)11-5-3-2-4-10(11)14(12)16;1-5-6-7-8-9-10-11-12(2,3)4;11-8-5-9(12)6-3-1-2-4-7(6)10(8)13;1-4-5(2)3;/h4-22,38-39H,1-3H3;4-22H,1-3H3;2-6,12H,7-8H2,1H3;2-8H,1H3;5-11H2,1-4H3;1-5H;4H,1-2H2,3H3;1H4. The molecule has 0 heterocycles. The minimum absolute atomic E-state index is 0. The highest BCUT2D eigenvalue weighted by Gasteiger charge is 2.54. The maximum absolute atomic E-state index is 13.1. The van der Waals surface area contributed by atoms with Crippen LogP contribution in [0, 0.1) is 54.4 Å². The van der Waals surface area contributed by atoms with E-state index in [0.717, 1.165) is 60.5 Å². The van der Waals surface area contributed by atoms with E-state index in [1.807, 2.05) is 125 Å². The summed E-state index contributed by atoms with van der Waals surface area (Å²) in [5, 5.41) is 40.8. The number of carbonyl (C=O) groups is 6. The van der Waals surface area contributed by atoms with Crippen molar-refractivity contribution in [3.8, 4) is 22.3 Å². The number of fused-ring (bicyclic) bond motifs is 13. The number of rotatable bonds is 12. The predicted molar refractivity (Wildman–Crippen MR) is 604 cm³/mol. The van der Waals surface area contributed by atoms with E-state index in [4.69, 9.17) is 0 Å². The van der Waals surface area contributed by atoms with E-state index >= 15 is 0 Å². The second-order valence-corrected chi connectivity index (χ2v) is 47.4. The number of hydrogen-bond donors (Lipinski definition) is 2. The molecule has 0 amide bonds. The molecule has 0 spiro atoms. The zero-order valence-corrected chi connectivity index (χ0v) is 87.0. The number of hydrogen-bond acceptors (Lipinski definition) is 8. The summed E-state index contributed by atoms with van der Waals surface area (Å²) in [6.07, 6.45) is 15.1. The van der Waals surface area contributed by atoms with Crippen LogP contribution in [0.4, 0.5) is 0 Å². The molecule has 11 heteroatoms. The largest absolute Gasteiger partial charge is 0.376 e. The average molecular weight is 2010 g/mol. The fourth-order valence-electron chi connectivity index (χ4n) is 20.8. The maximum atomic E-state index is 13.1. The second kappa shape index (κ2) is 43.5. The van der Waals surface area contributed by atoms with Gasteiger partial charge in [-0.3, -0.25) is 28.8 Å². The van der Waals surface area contributed by atoms with Gasteiger partial charge in [-0.2, -0.15) is 0 Å². The molecule has 17 aromatic rings. The van der Waals surface area contributed by atoms with Crippen LogP contribution >= 0.6 is 31.9 Å². The number of halogens is 2. The molecule has 8 nitrogen and oxygen atoms in total. The first-order chi connectivity index (χ1) is 67.7. The lowest BCUT2D eigenvalue weighted by molar-refractivity contribution is 0.0763. The lowest BCUT2D eigenvalue weighted by Crippen LogP contribution is -2.49. The Labute approximate surface area is 854 Å². The molecule has 0 bridgehead atoms. The number of alkyl halides is 1. The van der Waals surface area contributed by atoms with E-state index in [-0.39, 0.29) is 48.0 Å². The van der Waals surface area contributed by atoms with Crippen molar-refractivity contribution in [1.29, 1.82) is 0 Å². The molecule has 22 rings (SSSR count). The van der Waals surface area contributed by atoms with Crippen LogP contribution in [0.3, 0.4) is 0 Å². The van der Waals surface area contributed by atoms with Crippen LogP contribution in [-0.4, -0.2) is 57.3 Å². The SMILES string of the molecule is C.C=CC(=C)C.CC1=CCC2(Br)C(=O)c3ccccc3C(=O)C2C1.CCCCCCCC[Si](C)(C)C.Cc1ccc2c(-c3ccc(C)c4ccccc34)c3ccccc3c(-c3ccc(C)c4ccccc34)c2c1.Cc1ccc2c(c1)C(=O)c1ccccc1C2=O.Cc1ccc2c(c1)C(O)(c1ccc(C)c3ccccc13)c1ccccc1C2(O)c1ccc(C)c2ccccc12.O=C1C=C(Br)C(=O)c2ccccc21. The van der Waals surface area contributed by atoms with Crippen molar-refractivity contribution in [2.24, 2.45) is 5.92 Å². The van der Waals surface area contributed by atoms with Crippen molar-refractivity contribution >= 4 is 139 Å². The number of allylic oxidation sites excluding steroid dienone is 6. The Kier molecular flexibility index (Phi) is 31.4. The van der Waals surface area contributed by atoms with E-state index in [2.05, 4.69) is 264 Å². The number of carbonyl (C=O) groups excluding carboxylic acids is 6. The van der Waals surface area contributed by atoms with Gasteiger partial charge in [-0.25, -0.2) is 0 Å². The van der Waals surface area contributed by atoms with E-state index in [1.54, 1.807) is 78.9 Å². The summed E-state index contributed by atoms with van der Waals surface area (Å²) in [5.74, 6) is -0.489. The van der Waals surface area contributed by atoms with Crippen molar-refractivity contribution < 1.29 is 39.0 Å². The molecule has 17 aromatic carbocycles. The van der Waals surface area contributed by atoms with Crippen molar-refractivity contribution in [2.75, 3.05) is 0 Å². The highest BCUT2D eigenvalue weighted by molar-refractivity contribution is 9.12. The van der Waals surface area contributed by atoms with Gasteiger partial charge in [-0.1, -0.05) is 463 Å². The van der Waals surface area contributed by atoms with Gasteiger partial charge in [0.15, 0.2) is 28.9 Å². The lowest BCUT2D eigenvalue weighted by Gasteiger charge is -2.46. The molecule has 5 aliphatic rings. The quantitative estimate of drug-likeness (QED) is 0.0307. The van der Waals surface area contributed by atoms with Crippen LogP contribution < -0.4 is 0 Å². The number of unbranched alkanes of at least 4 members (excludes halogenated alkanes) is 5. The summed E-state index contributed by atoms with van der Waals surface area (Å²) in [5.41, 5.74) is 21.4. The Bertz CT molecular complexity index is 7950. The Morgan fingerprint density at radius 1 is 0.373 bits per heavy atom. The first-order valence-electron chi connectivity index (χ1n) is 48.9. The van der Waals surface area contributed by atoms with E-state index in [1.165, 1.54) is 138 Å². The first-order valence-corrected chi connectivity index (χ1v) is 54.2. The Morgan fingerprint density at radius 2 is 0.725 bits per heavy atom. The van der Waals surface area contributed by atoms with E-state index in [0.29, 0.717) is 84.1 Å². The lowest BCUT2D eigenvalue weighted by atomic mass is 9.62. The summed E-state index contributed by atoms with van der Waals surface area (Å²) in [4.78, 5) is 72.5. The molecule has 714 valence electrons. The normalized spacial score (nSPS) is 16.7. The molecule has 0 saturated carbocycles. The number of aliphatic hydroxyl groups is 2. The summed E-state index contributed by atoms with van der Waals surface area (Å²) in [6.45, 7) is 35.4. The second-order valence-electron chi connectivity index (χ2n) is 39.5. The Balaban J connectivity index is 0.000000135. The number of aryl methyl sites for hydroxylation is 7. The molecular weight excluding hydrogens is 1890 g/mol. The highest BCUT2D eigenvalue weighted by Crippen LogP contribution is 2.57. The van der Waals surface area contributed by atoms with Crippen LogP contribution in [0.2, 0.25) is 25.7 Å². The zero-order chi connectivity index (χ0) is 100. The van der Waals surface area contributed by atoms with Crippen LogP contribution in [0.5, 0.6) is 0 Å². The number of benzene rings is 17. The van der Waals surface area contributed by atoms with Crippen molar-refractivity contribution in [1.82, 2.24) is 0 Å². The van der Waals surface area contributed by atoms with Gasteiger partial charge in [0.25, 0.3) is 0 Å². The van der Waals surface area contributed by atoms with Crippen molar-refractivity contribution in [3.05, 3.63) is 485 Å². The summed E-state index contributed by atoms with van der Waals surface area (Å²) >= 11 is 6.62. The molecule has 0 aromatic heterocycles. The number of Topliss-reactive ketones (excluding diaryl/α,β-unsaturated/α-hetero) is 3. The third-order valence-corrected chi connectivity index (χ3v) is 32.0. The van der Waals surface area contributed by atoms with Crippen molar-refractivity contribution in [3.63, 3.8) is 0 Å². The average Bonchev–Trinajstić information content (AvgIpc) is 0.681. The van der Waals surface area contributed by atoms with Crippen LogP contribution in [-0.2, 0) is 11.2 Å². The molecule has 2 N–H and O–H groups in total. The summed E-state index contributed by atoms with van der Waals surface area (Å²) in [7, 11) is -0.726. The first kappa shape index (κ1) is 103. The van der Waals surface area contributed by atoms with E-state index < -0.39 is 23.6 Å². The summed E-state index contributed by atoms with van der Waals surface area (Å²) < 4.78 is -0.394. The van der Waals surface area contributed by atoms with Gasteiger partial charge >= 0.3 is 0 Å². The molecular formula is C131H124Br2O8Si. The van der Waals surface area contributed by atoms with Gasteiger partial charge in [0, 0.05) is 75.7 Å². The topological polar surface area (TPSA) is 143 Å². The van der Waals surface area contributed by atoms with Crippen LogP contribution in [0.1, 0.15) is 225 Å². The van der Waals surface area contributed by atoms with E-state index in [9.17, 15) is 39.0 Å². The molecule has 0 aliphatic heterocycles. The third kappa shape index (κ3) is 20.2. The Morgan fingerprint density at radius 3 is 1.23 bits per heavy atom. The van der Waals surface area contributed by atoms with Gasteiger partial charge in [0.1, 0.15) is 15.5 Å². The molecule has 5 aliphatic carbocycles. The molecule has 142 heavy (non-hydrogen) atoms. The number of ketones is 6. The predicted octanol–water partition coefficient (Wildman–Crippen LogP) is 34.1. The molecule has 4 unspecified atom stereocenters.